The highest BCUT2D eigenvalue weighted by molar-refractivity contribution is 7.09. The van der Waals surface area contributed by atoms with Gasteiger partial charge in [0.1, 0.15) is 10.7 Å². The largest absolute Gasteiger partial charge is 0.388 e. The fraction of sp³-hybridized carbons (Fsp3) is 0.800. The maximum absolute atomic E-state index is 5.79. The van der Waals surface area contributed by atoms with Crippen molar-refractivity contribution in [2.45, 2.75) is 33.2 Å². The Bertz CT molecular complexity index is 334. The summed E-state index contributed by atoms with van der Waals surface area (Å²) in [7, 11) is 0. The first-order valence-corrected chi connectivity index (χ1v) is 6.13. The van der Waals surface area contributed by atoms with Crippen LogP contribution in [-0.2, 0) is 6.54 Å². The number of nitrogens with two attached hydrogens (primary N) is 1. The number of hydrogen-bond donors (Lipinski definition) is 1. The minimum absolute atomic E-state index is 0.427. The number of hydrogen-bond acceptors (Lipinski definition) is 5. The van der Waals surface area contributed by atoms with E-state index in [1.807, 2.05) is 0 Å². The van der Waals surface area contributed by atoms with Gasteiger partial charge in [-0.3, -0.25) is 4.90 Å². The normalized spacial score (nSPS) is 21.7. The minimum atomic E-state index is 0.427. The first-order chi connectivity index (χ1) is 7.07. The molecule has 0 bridgehead atoms. The second kappa shape index (κ2) is 4.06. The van der Waals surface area contributed by atoms with Gasteiger partial charge in [-0.25, -0.2) is 0 Å². The zero-order chi connectivity index (χ0) is 10.9. The fourth-order valence-electron chi connectivity index (χ4n) is 2.22. The molecule has 1 aliphatic heterocycles. The Hall–Kier alpha value is -0.680. The number of nitrogens with zero attached hydrogens (tertiary/aromatic N) is 3. The predicted molar refractivity (Wildman–Crippen MR) is 62.6 cm³/mol. The van der Waals surface area contributed by atoms with Crippen LogP contribution in [0, 0.1) is 5.41 Å². The van der Waals surface area contributed by atoms with Gasteiger partial charge in [0.2, 0.25) is 0 Å². The van der Waals surface area contributed by atoms with Crippen LogP contribution in [0.3, 0.4) is 0 Å². The first kappa shape index (κ1) is 10.8. The van der Waals surface area contributed by atoms with E-state index in [4.69, 9.17) is 5.73 Å². The van der Waals surface area contributed by atoms with Crippen molar-refractivity contribution in [1.82, 2.24) is 14.5 Å². The van der Waals surface area contributed by atoms with Crippen LogP contribution in [0.4, 0.5) is 5.00 Å². The number of anilines is 1. The lowest BCUT2D eigenvalue weighted by atomic mass is 9.84. The lowest BCUT2D eigenvalue weighted by Gasteiger charge is -2.37. The highest BCUT2D eigenvalue weighted by atomic mass is 32.1. The molecule has 2 N–H and O–H groups in total. The summed E-state index contributed by atoms with van der Waals surface area (Å²) in [4.78, 5) is 2.43. The van der Waals surface area contributed by atoms with Gasteiger partial charge in [0.05, 0.1) is 0 Å². The maximum atomic E-state index is 5.79. The molecule has 0 atom stereocenters. The summed E-state index contributed by atoms with van der Waals surface area (Å²) in [5.41, 5.74) is 7.16. The van der Waals surface area contributed by atoms with E-state index in [1.165, 1.54) is 24.4 Å². The Kier molecular flexibility index (Phi) is 2.93. The molecule has 2 rings (SSSR count). The monoisotopic (exact) mass is 226 g/mol. The summed E-state index contributed by atoms with van der Waals surface area (Å²) in [5.74, 6) is 0. The molecule has 1 fully saturated rings. The molecule has 5 heteroatoms. The Morgan fingerprint density at radius 1 is 1.53 bits per heavy atom. The molecule has 0 amide bonds. The second-order valence-corrected chi connectivity index (χ2v) is 5.85. The van der Waals surface area contributed by atoms with Gasteiger partial charge in [-0.2, -0.15) is 0 Å². The average Bonchev–Trinajstić information content (AvgIpc) is 2.50. The van der Waals surface area contributed by atoms with Gasteiger partial charge >= 0.3 is 0 Å². The van der Waals surface area contributed by atoms with Gasteiger partial charge in [0.15, 0.2) is 0 Å². The molecule has 2 heterocycles. The van der Waals surface area contributed by atoms with Crippen molar-refractivity contribution < 1.29 is 0 Å². The van der Waals surface area contributed by atoms with E-state index >= 15 is 0 Å². The number of likely N-dealkylation sites (tertiary alicyclic amines) is 1. The van der Waals surface area contributed by atoms with E-state index in [2.05, 4.69) is 28.3 Å². The van der Waals surface area contributed by atoms with Crippen molar-refractivity contribution >= 4 is 16.5 Å². The van der Waals surface area contributed by atoms with Crippen molar-refractivity contribution in [3.63, 3.8) is 0 Å². The third-order valence-electron chi connectivity index (χ3n) is 2.94. The van der Waals surface area contributed by atoms with Crippen molar-refractivity contribution in [3.8, 4) is 0 Å². The molecular weight excluding hydrogens is 208 g/mol. The molecule has 0 spiro atoms. The zero-order valence-corrected chi connectivity index (χ0v) is 10.2. The van der Waals surface area contributed by atoms with E-state index in [0.717, 1.165) is 30.3 Å². The number of rotatable bonds is 2. The molecule has 1 saturated heterocycles. The zero-order valence-electron chi connectivity index (χ0n) is 9.36. The quantitative estimate of drug-likeness (QED) is 0.834. The Morgan fingerprint density at radius 3 is 2.93 bits per heavy atom. The van der Waals surface area contributed by atoms with E-state index in [1.54, 1.807) is 0 Å². The lowest BCUT2D eigenvalue weighted by Crippen LogP contribution is -2.39. The summed E-state index contributed by atoms with van der Waals surface area (Å²) in [6.07, 6.45) is 2.58. The van der Waals surface area contributed by atoms with Crippen LogP contribution in [0.1, 0.15) is 32.4 Å². The Labute approximate surface area is 94.6 Å². The van der Waals surface area contributed by atoms with Crippen LogP contribution in [0.5, 0.6) is 0 Å². The summed E-state index contributed by atoms with van der Waals surface area (Å²) >= 11 is 1.28. The molecular formula is C10H18N4S. The maximum Gasteiger partial charge on any atom is 0.132 e. The minimum Gasteiger partial charge on any atom is -0.388 e. The lowest BCUT2D eigenvalue weighted by molar-refractivity contribution is 0.111. The summed E-state index contributed by atoms with van der Waals surface area (Å²) in [6.45, 7) is 7.78. The topological polar surface area (TPSA) is 55.0 Å². The molecule has 0 unspecified atom stereocenters. The SMILES string of the molecule is CC1(C)CCCN(Cc2nnsc2N)C1. The molecule has 1 aliphatic rings. The average molecular weight is 226 g/mol. The third kappa shape index (κ3) is 2.66. The molecule has 84 valence electrons. The van der Waals surface area contributed by atoms with E-state index < -0.39 is 0 Å². The number of nitrogen functional groups attached to an aromatic ring is 1. The van der Waals surface area contributed by atoms with Crippen LogP contribution in [0.15, 0.2) is 0 Å². The molecule has 0 aromatic carbocycles. The Balaban J connectivity index is 1.98. The van der Waals surface area contributed by atoms with Crippen LogP contribution >= 0.6 is 11.5 Å². The van der Waals surface area contributed by atoms with Gasteiger partial charge < -0.3 is 5.73 Å². The van der Waals surface area contributed by atoms with E-state index in [0.29, 0.717) is 5.41 Å². The van der Waals surface area contributed by atoms with Crippen molar-refractivity contribution in [1.29, 1.82) is 0 Å². The van der Waals surface area contributed by atoms with Gasteiger partial charge in [-0.1, -0.05) is 18.3 Å². The van der Waals surface area contributed by atoms with Crippen LogP contribution < -0.4 is 5.73 Å². The van der Waals surface area contributed by atoms with E-state index in [-0.39, 0.29) is 0 Å². The van der Waals surface area contributed by atoms with Crippen molar-refractivity contribution in [2.24, 2.45) is 5.41 Å². The summed E-state index contributed by atoms with van der Waals surface area (Å²) in [5, 5.41) is 4.82. The second-order valence-electron chi connectivity index (χ2n) is 5.06. The fourth-order valence-corrected chi connectivity index (χ4v) is 2.65. The molecule has 15 heavy (non-hydrogen) atoms. The van der Waals surface area contributed by atoms with Gasteiger partial charge in [0.25, 0.3) is 0 Å². The Morgan fingerprint density at radius 2 is 2.33 bits per heavy atom. The first-order valence-electron chi connectivity index (χ1n) is 5.36. The standard InChI is InChI=1S/C10H18N4S/c1-10(2)4-3-5-14(7-10)6-8-9(11)15-13-12-8/h3-7,11H2,1-2H3. The van der Waals surface area contributed by atoms with Gasteiger partial charge in [-0.15, -0.1) is 5.10 Å². The number of piperidine rings is 1. The summed E-state index contributed by atoms with van der Waals surface area (Å²) < 4.78 is 3.86. The molecule has 0 saturated carbocycles. The summed E-state index contributed by atoms with van der Waals surface area (Å²) in [6, 6.07) is 0. The van der Waals surface area contributed by atoms with Gasteiger partial charge in [-0.05, 0) is 24.8 Å². The smallest absolute Gasteiger partial charge is 0.132 e. The van der Waals surface area contributed by atoms with E-state index in [9.17, 15) is 0 Å². The molecule has 1 aromatic rings. The number of aromatic nitrogens is 2. The molecule has 0 aliphatic carbocycles. The predicted octanol–water partition coefficient (Wildman–Crippen LogP) is 1.74. The van der Waals surface area contributed by atoms with Gasteiger partial charge in [0, 0.05) is 24.6 Å². The van der Waals surface area contributed by atoms with Crippen molar-refractivity contribution in [2.75, 3.05) is 18.8 Å². The molecule has 0 radical (unpaired) electrons. The van der Waals surface area contributed by atoms with Crippen molar-refractivity contribution in [3.05, 3.63) is 5.69 Å². The molecule has 1 aromatic heterocycles. The molecule has 4 nitrogen and oxygen atoms in total. The third-order valence-corrected chi connectivity index (χ3v) is 3.53. The van der Waals surface area contributed by atoms with Crippen LogP contribution in [0.2, 0.25) is 0 Å². The highest BCUT2D eigenvalue weighted by Gasteiger charge is 2.26. The highest BCUT2D eigenvalue weighted by Crippen LogP contribution is 2.29. The van der Waals surface area contributed by atoms with Crippen LogP contribution in [0.25, 0.3) is 0 Å². The van der Waals surface area contributed by atoms with Crippen LogP contribution in [-0.4, -0.2) is 27.6 Å².